The molecule has 0 bridgehead atoms. The van der Waals surface area contributed by atoms with Gasteiger partial charge in [-0.3, -0.25) is 4.79 Å². The Morgan fingerprint density at radius 2 is 2.00 bits per heavy atom. The fraction of sp³-hybridized carbons (Fsp3) is 0.450. The van der Waals surface area contributed by atoms with Gasteiger partial charge in [0.25, 0.3) is 5.91 Å². The van der Waals surface area contributed by atoms with Gasteiger partial charge in [0.2, 0.25) is 0 Å². The van der Waals surface area contributed by atoms with Crippen molar-refractivity contribution in [3.8, 4) is 0 Å². The average Bonchev–Trinajstić information content (AvgIpc) is 3.47. The van der Waals surface area contributed by atoms with Gasteiger partial charge in [-0.05, 0) is 42.2 Å². The SMILES string of the molecule is C[C@@H](c1ccc2ccccc2c1)N(C(=O)[C@H]1CNCCO1)C1CC1. The van der Waals surface area contributed by atoms with Crippen molar-refractivity contribution in [2.75, 3.05) is 19.7 Å². The summed E-state index contributed by atoms with van der Waals surface area (Å²) in [5.74, 6) is 0.130. The van der Waals surface area contributed by atoms with Crippen molar-refractivity contribution in [2.24, 2.45) is 0 Å². The van der Waals surface area contributed by atoms with E-state index in [0.29, 0.717) is 19.2 Å². The fourth-order valence-electron chi connectivity index (χ4n) is 3.56. The molecule has 0 spiro atoms. The Balaban J connectivity index is 1.60. The maximum Gasteiger partial charge on any atom is 0.253 e. The van der Waals surface area contributed by atoms with E-state index < -0.39 is 0 Å². The van der Waals surface area contributed by atoms with Gasteiger partial charge in [-0.15, -0.1) is 0 Å². The van der Waals surface area contributed by atoms with E-state index in [-0.39, 0.29) is 18.1 Å². The Morgan fingerprint density at radius 1 is 1.21 bits per heavy atom. The molecule has 1 aliphatic heterocycles. The highest BCUT2D eigenvalue weighted by Crippen LogP contribution is 2.36. The molecular formula is C20H24N2O2. The molecule has 4 nitrogen and oxygen atoms in total. The average molecular weight is 324 g/mol. The van der Waals surface area contributed by atoms with Crippen LogP contribution in [0.15, 0.2) is 42.5 Å². The molecule has 1 aliphatic carbocycles. The topological polar surface area (TPSA) is 41.6 Å². The number of rotatable bonds is 4. The molecule has 1 N–H and O–H groups in total. The van der Waals surface area contributed by atoms with Crippen LogP contribution >= 0.6 is 0 Å². The smallest absolute Gasteiger partial charge is 0.253 e. The van der Waals surface area contributed by atoms with Gasteiger partial charge in [-0.25, -0.2) is 0 Å². The standard InChI is InChI=1S/C20H24N2O2/c1-14(16-7-6-15-4-2-3-5-17(15)12-16)22(18-8-9-18)20(23)19-13-21-10-11-24-19/h2-7,12,14,18-19,21H,8-11,13H2,1H3/t14-,19+/m0/s1. The second-order valence-corrected chi connectivity index (χ2v) is 6.82. The van der Waals surface area contributed by atoms with Crippen LogP contribution in [0.4, 0.5) is 0 Å². The van der Waals surface area contributed by atoms with E-state index >= 15 is 0 Å². The minimum atomic E-state index is -0.345. The van der Waals surface area contributed by atoms with E-state index in [9.17, 15) is 4.79 Å². The highest BCUT2D eigenvalue weighted by atomic mass is 16.5. The molecule has 1 saturated heterocycles. The van der Waals surface area contributed by atoms with Gasteiger partial charge in [0.1, 0.15) is 6.10 Å². The fourth-order valence-corrected chi connectivity index (χ4v) is 3.56. The van der Waals surface area contributed by atoms with E-state index in [1.54, 1.807) is 0 Å². The number of benzene rings is 2. The minimum Gasteiger partial charge on any atom is -0.366 e. The predicted octanol–water partition coefficient (Wildman–Crippen LogP) is 2.88. The number of carbonyl (C=O) groups is 1. The lowest BCUT2D eigenvalue weighted by Gasteiger charge is -2.34. The first kappa shape index (κ1) is 15.6. The molecule has 0 aromatic heterocycles. The van der Waals surface area contributed by atoms with Crippen LogP contribution in [-0.4, -0.2) is 42.6 Å². The summed E-state index contributed by atoms with van der Waals surface area (Å²) in [6, 6.07) is 15.3. The molecular weight excluding hydrogens is 300 g/mol. The molecule has 24 heavy (non-hydrogen) atoms. The lowest BCUT2D eigenvalue weighted by Crippen LogP contribution is -2.50. The van der Waals surface area contributed by atoms with Crippen molar-refractivity contribution in [2.45, 2.75) is 38.0 Å². The number of hydrogen-bond donors (Lipinski definition) is 1. The second-order valence-electron chi connectivity index (χ2n) is 6.82. The molecule has 2 atom stereocenters. The van der Waals surface area contributed by atoms with E-state index in [1.165, 1.54) is 16.3 Å². The number of nitrogens with one attached hydrogen (secondary N) is 1. The third-order valence-electron chi connectivity index (χ3n) is 5.07. The van der Waals surface area contributed by atoms with Crippen molar-refractivity contribution < 1.29 is 9.53 Å². The molecule has 2 aromatic carbocycles. The Kier molecular flexibility index (Phi) is 4.25. The predicted molar refractivity (Wildman–Crippen MR) is 94.8 cm³/mol. The summed E-state index contributed by atoms with van der Waals surface area (Å²) in [7, 11) is 0. The molecule has 2 fully saturated rings. The van der Waals surface area contributed by atoms with E-state index in [1.807, 2.05) is 0 Å². The Hall–Kier alpha value is -1.91. The van der Waals surface area contributed by atoms with Crippen LogP contribution in [0.5, 0.6) is 0 Å². The molecule has 0 unspecified atom stereocenters. The van der Waals surface area contributed by atoms with Gasteiger partial charge in [0.05, 0.1) is 12.6 Å². The number of carbonyl (C=O) groups excluding carboxylic acids is 1. The Bertz CT molecular complexity index is 735. The summed E-state index contributed by atoms with van der Waals surface area (Å²) >= 11 is 0. The van der Waals surface area contributed by atoms with Crippen LogP contribution in [-0.2, 0) is 9.53 Å². The van der Waals surface area contributed by atoms with Gasteiger partial charge < -0.3 is 15.0 Å². The van der Waals surface area contributed by atoms with Crippen LogP contribution in [0.1, 0.15) is 31.4 Å². The Labute approximate surface area is 142 Å². The zero-order valence-corrected chi connectivity index (χ0v) is 14.1. The number of hydrogen-bond acceptors (Lipinski definition) is 3. The lowest BCUT2D eigenvalue weighted by molar-refractivity contribution is -0.148. The number of fused-ring (bicyclic) bond motifs is 1. The molecule has 4 heteroatoms. The first-order chi connectivity index (χ1) is 11.7. The minimum absolute atomic E-state index is 0.0696. The van der Waals surface area contributed by atoms with Crippen molar-refractivity contribution in [3.05, 3.63) is 48.0 Å². The molecule has 1 saturated carbocycles. The zero-order chi connectivity index (χ0) is 16.5. The summed E-state index contributed by atoms with van der Waals surface area (Å²) in [4.78, 5) is 15.1. The molecule has 0 radical (unpaired) electrons. The maximum absolute atomic E-state index is 13.0. The van der Waals surface area contributed by atoms with Gasteiger partial charge in [0.15, 0.2) is 0 Å². The van der Waals surface area contributed by atoms with Crippen LogP contribution in [0.3, 0.4) is 0 Å². The van der Waals surface area contributed by atoms with Crippen LogP contribution in [0, 0.1) is 0 Å². The number of nitrogens with zero attached hydrogens (tertiary/aromatic N) is 1. The van der Waals surface area contributed by atoms with Crippen molar-refractivity contribution in [1.82, 2.24) is 10.2 Å². The number of amides is 1. The highest BCUT2D eigenvalue weighted by Gasteiger charge is 2.39. The van der Waals surface area contributed by atoms with Gasteiger partial charge in [0, 0.05) is 19.1 Å². The molecule has 1 amide bonds. The molecule has 2 aromatic rings. The maximum atomic E-state index is 13.0. The summed E-state index contributed by atoms with van der Waals surface area (Å²) in [5.41, 5.74) is 1.19. The summed E-state index contributed by atoms with van der Waals surface area (Å²) in [6.45, 7) is 4.19. The van der Waals surface area contributed by atoms with Gasteiger partial charge >= 0.3 is 0 Å². The summed E-state index contributed by atoms with van der Waals surface area (Å²) in [6.07, 6.45) is 1.86. The van der Waals surface area contributed by atoms with E-state index in [0.717, 1.165) is 19.4 Å². The largest absolute Gasteiger partial charge is 0.366 e. The summed E-state index contributed by atoms with van der Waals surface area (Å²) in [5, 5.41) is 5.72. The Morgan fingerprint density at radius 3 is 2.71 bits per heavy atom. The third kappa shape index (κ3) is 3.04. The summed E-state index contributed by atoms with van der Waals surface area (Å²) < 4.78 is 5.70. The van der Waals surface area contributed by atoms with E-state index in [4.69, 9.17) is 4.74 Å². The van der Waals surface area contributed by atoms with Crippen LogP contribution < -0.4 is 5.32 Å². The zero-order valence-electron chi connectivity index (χ0n) is 14.1. The monoisotopic (exact) mass is 324 g/mol. The van der Waals surface area contributed by atoms with Gasteiger partial charge in [-0.2, -0.15) is 0 Å². The second kappa shape index (κ2) is 6.54. The highest BCUT2D eigenvalue weighted by molar-refractivity contribution is 5.84. The lowest BCUT2D eigenvalue weighted by atomic mass is 10.0. The third-order valence-corrected chi connectivity index (χ3v) is 5.07. The first-order valence-corrected chi connectivity index (χ1v) is 8.87. The first-order valence-electron chi connectivity index (χ1n) is 8.87. The normalized spacial score (nSPS) is 22.3. The molecule has 4 rings (SSSR count). The number of ether oxygens (including phenoxy) is 1. The van der Waals surface area contributed by atoms with Gasteiger partial charge in [-0.1, -0.05) is 36.4 Å². The van der Waals surface area contributed by atoms with E-state index in [2.05, 4.69) is 59.6 Å². The van der Waals surface area contributed by atoms with Crippen LogP contribution in [0.25, 0.3) is 10.8 Å². The number of morpholine rings is 1. The van der Waals surface area contributed by atoms with Crippen molar-refractivity contribution in [1.29, 1.82) is 0 Å². The molecule has 1 heterocycles. The van der Waals surface area contributed by atoms with Crippen molar-refractivity contribution in [3.63, 3.8) is 0 Å². The molecule has 2 aliphatic rings. The quantitative estimate of drug-likeness (QED) is 0.940. The van der Waals surface area contributed by atoms with Crippen molar-refractivity contribution >= 4 is 16.7 Å². The van der Waals surface area contributed by atoms with Crippen LogP contribution in [0.2, 0.25) is 0 Å². The molecule has 126 valence electrons.